The van der Waals surface area contributed by atoms with Crippen molar-refractivity contribution in [1.29, 1.82) is 0 Å². The van der Waals surface area contributed by atoms with Crippen LogP contribution in [0.1, 0.15) is 40.5 Å². The number of alkyl halides is 1. The lowest BCUT2D eigenvalue weighted by molar-refractivity contribution is -0.253. The number of rotatable bonds is 8. The van der Waals surface area contributed by atoms with E-state index in [2.05, 4.69) is 0 Å². The zero-order chi connectivity index (χ0) is 21.3. The van der Waals surface area contributed by atoms with E-state index in [1.54, 1.807) is 0 Å². The molecule has 1 saturated heterocycles. The first-order valence-corrected chi connectivity index (χ1v) is 9.36. The van der Waals surface area contributed by atoms with E-state index in [1.807, 2.05) is 6.92 Å². The number of amides is 1. The summed E-state index contributed by atoms with van der Waals surface area (Å²) in [6.07, 6.45) is -4.21. The molecular weight excluding hydrogens is 398 g/mol. The summed E-state index contributed by atoms with van der Waals surface area (Å²) in [4.78, 5) is 47.6. The molecule has 0 aromatic heterocycles. The molecule has 1 aliphatic rings. The van der Waals surface area contributed by atoms with E-state index < -0.39 is 48.6 Å². The van der Waals surface area contributed by atoms with Crippen LogP contribution in [-0.4, -0.2) is 72.7 Å². The Kier molecular flexibility index (Phi) is 10.0. The molecule has 1 fully saturated rings. The zero-order valence-corrected chi connectivity index (χ0v) is 17.1. The summed E-state index contributed by atoms with van der Waals surface area (Å²) in [6, 6.07) is -0.0697. The Bertz CT molecular complexity index is 571. The number of carbonyl (C=O) groups excluding carboxylic acids is 4. The minimum absolute atomic E-state index is 0.0674. The fraction of sp³-hybridized carbons (Fsp3) is 0.765. The summed E-state index contributed by atoms with van der Waals surface area (Å²) >= 11 is 5.75. The van der Waals surface area contributed by atoms with E-state index in [0.29, 0.717) is 13.0 Å². The average molecular weight is 424 g/mol. The molecule has 0 aliphatic carbocycles. The second-order valence-corrected chi connectivity index (χ2v) is 6.37. The molecule has 0 N–H and O–H groups in total. The maximum Gasteiger partial charge on any atom is 0.413 e. The predicted octanol–water partition coefficient (Wildman–Crippen LogP) is 1.57. The summed E-state index contributed by atoms with van der Waals surface area (Å²) in [6.45, 7) is 5.55. The maximum atomic E-state index is 12.3. The van der Waals surface area contributed by atoms with Gasteiger partial charge >= 0.3 is 24.0 Å². The smallest absolute Gasteiger partial charge is 0.413 e. The minimum atomic E-state index is -1.12. The van der Waals surface area contributed by atoms with Crippen LogP contribution in [-0.2, 0) is 38.1 Å². The van der Waals surface area contributed by atoms with Gasteiger partial charge in [-0.3, -0.25) is 19.3 Å². The number of hydrogen-bond donors (Lipinski definition) is 0. The molecule has 160 valence electrons. The second-order valence-electron chi connectivity index (χ2n) is 6.13. The molecule has 11 heteroatoms. The summed E-state index contributed by atoms with van der Waals surface area (Å²) < 4.78 is 26.3. The molecule has 0 bridgehead atoms. The van der Waals surface area contributed by atoms with Crippen molar-refractivity contribution in [2.75, 3.05) is 19.2 Å². The van der Waals surface area contributed by atoms with E-state index in [1.165, 1.54) is 25.7 Å². The Morgan fingerprint density at radius 1 is 1.04 bits per heavy atom. The Labute approximate surface area is 168 Å². The normalized spacial score (nSPS) is 24.0. The predicted molar refractivity (Wildman–Crippen MR) is 95.2 cm³/mol. The van der Waals surface area contributed by atoms with E-state index >= 15 is 0 Å². The molecule has 1 unspecified atom stereocenters. The highest BCUT2D eigenvalue weighted by molar-refractivity contribution is 6.18. The van der Waals surface area contributed by atoms with Crippen molar-refractivity contribution in [2.45, 2.75) is 65.1 Å². The molecule has 1 amide bonds. The van der Waals surface area contributed by atoms with Crippen LogP contribution in [0.5, 0.6) is 0 Å². The summed E-state index contributed by atoms with van der Waals surface area (Å²) in [5.74, 6) is -1.83. The summed E-state index contributed by atoms with van der Waals surface area (Å²) in [7, 11) is 0. The molecule has 0 spiro atoms. The molecule has 0 radical (unpaired) electrons. The van der Waals surface area contributed by atoms with Crippen LogP contribution >= 0.6 is 11.6 Å². The second kappa shape index (κ2) is 11.7. The number of carbonyl (C=O) groups is 4. The van der Waals surface area contributed by atoms with Gasteiger partial charge in [0.2, 0.25) is 6.29 Å². The summed E-state index contributed by atoms with van der Waals surface area (Å²) in [5.41, 5.74) is 0. The zero-order valence-electron chi connectivity index (χ0n) is 16.3. The Balaban J connectivity index is 2.97. The van der Waals surface area contributed by atoms with Gasteiger partial charge in [0, 0.05) is 27.3 Å². The van der Waals surface area contributed by atoms with Crippen molar-refractivity contribution in [3.63, 3.8) is 0 Å². The molecule has 28 heavy (non-hydrogen) atoms. The van der Waals surface area contributed by atoms with Crippen molar-refractivity contribution in [1.82, 2.24) is 4.90 Å². The highest BCUT2D eigenvalue weighted by Gasteiger charge is 2.45. The van der Waals surface area contributed by atoms with Crippen LogP contribution in [0.25, 0.3) is 0 Å². The molecule has 1 heterocycles. The Morgan fingerprint density at radius 2 is 1.68 bits per heavy atom. The van der Waals surface area contributed by atoms with Crippen molar-refractivity contribution in [3.8, 4) is 0 Å². The van der Waals surface area contributed by atoms with Gasteiger partial charge in [0.1, 0.15) is 18.8 Å². The highest BCUT2D eigenvalue weighted by atomic mass is 35.5. The van der Waals surface area contributed by atoms with Gasteiger partial charge in [0.05, 0.1) is 12.4 Å². The number of hydrogen-bond acceptors (Lipinski definition) is 9. The fourth-order valence-corrected chi connectivity index (χ4v) is 2.85. The number of nitrogens with zero attached hydrogens (tertiary/aromatic N) is 1. The SMILES string of the molecule is CCCN(CCl)C(=O)O[C@H]1CC(OC(C)=O)[C@H](OC(C)=O)[C@@H](COC(C)=O)O1. The molecular formula is C17H26ClNO9. The topological polar surface area (TPSA) is 118 Å². The lowest BCUT2D eigenvalue weighted by atomic mass is 10.0. The van der Waals surface area contributed by atoms with Crippen LogP contribution in [0.4, 0.5) is 4.79 Å². The van der Waals surface area contributed by atoms with Crippen LogP contribution in [0.3, 0.4) is 0 Å². The first kappa shape index (κ1) is 24.0. The molecule has 0 aromatic carbocycles. The number of ether oxygens (including phenoxy) is 5. The highest BCUT2D eigenvalue weighted by Crippen LogP contribution is 2.27. The lowest BCUT2D eigenvalue weighted by Crippen LogP contribution is -2.55. The van der Waals surface area contributed by atoms with Crippen LogP contribution in [0, 0.1) is 0 Å². The molecule has 0 aromatic rings. The third-order valence-corrected chi connectivity index (χ3v) is 3.97. The monoisotopic (exact) mass is 423 g/mol. The van der Waals surface area contributed by atoms with Gasteiger partial charge < -0.3 is 23.7 Å². The first-order chi connectivity index (χ1) is 13.2. The lowest BCUT2D eigenvalue weighted by Gasteiger charge is -2.39. The van der Waals surface area contributed by atoms with E-state index in [0.717, 1.165) is 0 Å². The van der Waals surface area contributed by atoms with Crippen LogP contribution in [0.15, 0.2) is 0 Å². The quantitative estimate of drug-likeness (QED) is 0.248. The Morgan fingerprint density at radius 3 is 2.18 bits per heavy atom. The van der Waals surface area contributed by atoms with Crippen molar-refractivity contribution < 1.29 is 42.9 Å². The van der Waals surface area contributed by atoms with Gasteiger partial charge in [0.15, 0.2) is 6.10 Å². The Hall–Kier alpha value is -2.07. The maximum absolute atomic E-state index is 12.3. The molecule has 0 saturated carbocycles. The van der Waals surface area contributed by atoms with Crippen LogP contribution in [0.2, 0.25) is 0 Å². The summed E-state index contributed by atoms with van der Waals surface area (Å²) in [5, 5.41) is 0. The molecule has 1 aliphatic heterocycles. The van der Waals surface area contributed by atoms with Gasteiger partial charge in [-0.25, -0.2) is 4.79 Å². The minimum Gasteiger partial charge on any atom is -0.463 e. The number of esters is 3. The third-order valence-electron chi connectivity index (χ3n) is 3.68. The largest absolute Gasteiger partial charge is 0.463 e. The van der Waals surface area contributed by atoms with Crippen molar-refractivity contribution >= 4 is 35.6 Å². The first-order valence-electron chi connectivity index (χ1n) is 8.82. The van der Waals surface area contributed by atoms with Gasteiger partial charge in [0.25, 0.3) is 0 Å². The van der Waals surface area contributed by atoms with E-state index in [-0.39, 0.29) is 19.0 Å². The van der Waals surface area contributed by atoms with E-state index in [4.69, 9.17) is 35.3 Å². The van der Waals surface area contributed by atoms with Gasteiger partial charge in [-0.1, -0.05) is 6.92 Å². The molecule has 10 nitrogen and oxygen atoms in total. The molecule has 1 rings (SSSR count). The average Bonchev–Trinajstić information content (AvgIpc) is 2.59. The third kappa shape index (κ3) is 7.89. The van der Waals surface area contributed by atoms with Gasteiger partial charge in [-0.05, 0) is 6.42 Å². The van der Waals surface area contributed by atoms with Gasteiger partial charge in [-0.2, -0.15) is 0 Å². The van der Waals surface area contributed by atoms with Crippen molar-refractivity contribution in [2.24, 2.45) is 0 Å². The van der Waals surface area contributed by atoms with E-state index in [9.17, 15) is 19.2 Å². The fourth-order valence-electron chi connectivity index (χ4n) is 2.63. The van der Waals surface area contributed by atoms with Crippen molar-refractivity contribution in [3.05, 3.63) is 0 Å². The molecule has 4 atom stereocenters. The standard InChI is InChI=1S/C17H26ClNO9/c1-5-6-19(9-18)17(23)28-15-7-13(25-11(3)21)16(26-12(4)22)14(27-15)8-24-10(2)20/h13-16H,5-9H2,1-4H3/t13?,14-,15+,16+/m1/s1. The van der Waals surface area contributed by atoms with Gasteiger partial charge in [-0.15, -0.1) is 11.6 Å². The van der Waals surface area contributed by atoms with Crippen LogP contribution < -0.4 is 0 Å². The number of halogens is 1.